The number of nitrogen functional groups attached to an aromatic ring is 1. The minimum Gasteiger partial charge on any atom is -0.384 e. The normalized spacial score (nSPS) is 23.7. The predicted octanol–water partition coefficient (Wildman–Crippen LogP) is 0.416. The lowest BCUT2D eigenvalue weighted by Crippen LogP contribution is -2.71. The molecule has 4 heteroatoms. The van der Waals surface area contributed by atoms with Gasteiger partial charge in [0, 0.05) is 31.6 Å². The Morgan fingerprint density at radius 3 is 2.53 bits per heavy atom. The van der Waals surface area contributed by atoms with Gasteiger partial charge in [-0.25, -0.2) is 4.98 Å². The van der Waals surface area contributed by atoms with Gasteiger partial charge in [-0.3, -0.25) is 0 Å². The third-order valence-corrected chi connectivity index (χ3v) is 3.40. The summed E-state index contributed by atoms with van der Waals surface area (Å²) in [6, 6.07) is 3.92. The predicted molar refractivity (Wildman–Crippen MR) is 60.8 cm³/mol. The fourth-order valence-corrected chi connectivity index (χ4v) is 2.83. The lowest BCUT2D eigenvalue weighted by atomic mass is 9.73. The molecule has 3 heterocycles. The molecule has 0 aromatic carbocycles. The average Bonchev–Trinajstić information content (AvgIpc) is 2.11. The van der Waals surface area contributed by atoms with Crippen LogP contribution >= 0.6 is 0 Å². The van der Waals surface area contributed by atoms with Crippen LogP contribution in [0.4, 0.5) is 11.5 Å². The fourth-order valence-electron chi connectivity index (χ4n) is 2.83. The van der Waals surface area contributed by atoms with Crippen LogP contribution in [0.1, 0.15) is 0 Å². The summed E-state index contributed by atoms with van der Waals surface area (Å²) >= 11 is 0. The van der Waals surface area contributed by atoms with Crippen LogP contribution in [0.15, 0.2) is 18.3 Å². The van der Waals surface area contributed by atoms with Gasteiger partial charge in [-0.2, -0.15) is 0 Å². The van der Waals surface area contributed by atoms with Crippen LogP contribution in [-0.2, 0) is 0 Å². The molecule has 2 aliphatic rings. The summed E-state index contributed by atoms with van der Waals surface area (Å²) in [5.41, 5.74) is 7.34. The second-order valence-electron chi connectivity index (χ2n) is 4.97. The van der Waals surface area contributed by atoms with Crippen molar-refractivity contribution in [1.29, 1.82) is 0 Å². The van der Waals surface area contributed by atoms with Crippen LogP contribution in [-0.4, -0.2) is 43.1 Å². The highest BCUT2D eigenvalue weighted by atomic mass is 15.3. The van der Waals surface area contributed by atoms with Crippen LogP contribution in [0.25, 0.3) is 0 Å². The van der Waals surface area contributed by atoms with E-state index in [1.54, 1.807) is 0 Å². The second kappa shape index (κ2) is 2.85. The molecule has 2 saturated heterocycles. The van der Waals surface area contributed by atoms with Gasteiger partial charge in [0.15, 0.2) is 0 Å². The maximum atomic E-state index is 5.56. The van der Waals surface area contributed by atoms with Gasteiger partial charge in [0.05, 0.1) is 11.9 Å². The third-order valence-electron chi connectivity index (χ3n) is 3.40. The molecule has 0 amide bonds. The molecule has 1 aromatic rings. The number of nitrogens with zero attached hydrogens (tertiary/aromatic N) is 3. The second-order valence-corrected chi connectivity index (χ2v) is 4.97. The minimum absolute atomic E-state index is 0.580. The Labute approximate surface area is 89.7 Å². The Balaban J connectivity index is 1.65. The summed E-state index contributed by atoms with van der Waals surface area (Å²) in [6.07, 6.45) is 1.87. The molecule has 4 nitrogen and oxygen atoms in total. The van der Waals surface area contributed by atoms with Crippen molar-refractivity contribution < 1.29 is 0 Å². The summed E-state index contributed by atoms with van der Waals surface area (Å²) < 4.78 is 0. The van der Waals surface area contributed by atoms with Gasteiger partial charge in [0.25, 0.3) is 0 Å². The van der Waals surface area contributed by atoms with Crippen LogP contribution in [0.5, 0.6) is 0 Å². The maximum absolute atomic E-state index is 5.56. The highest BCUT2D eigenvalue weighted by Gasteiger charge is 2.50. The highest BCUT2D eigenvalue weighted by molar-refractivity contribution is 5.51. The van der Waals surface area contributed by atoms with Gasteiger partial charge in [-0.1, -0.05) is 0 Å². The van der Waals surface area contributed by atoms with Crippen molar-refractivity contribution >= 4 is 11.5 Å². The molecular weight excluding hydrogens is 188 g/mol. The van der Waals surface area contributed by atoms with Crippen LogP contribution in [0.2, 0.25) is 0 Å². The van der Waals surface area contributed by atoms with E-state index in [-0.39, 0.29) is 0 Å². The minimum atomic E-state index is 0.580. The monoisotopic (exact) mass is 204 g/mol. The zero-order valence-corrected chi connectivity index (χ0v) is 8.98. The van der Waals surface area contributed by atoms with E-state index in [4.69, 9.17) is 5.73 Å². The summed E-state index contributed by atoms with van der Waals surface area (Å²) in [5.74, 6) is 0.595. The smallest absolute Gasteiger partial charge is 0.123 e. The van der Waals surface area contributed by atoms with Crippen molar-refractivity contribution in [3.8, 4) is 0 Å². The zero-order chi connectivity index (χ0) is 10.5. The molecule has 1 spiro atoms. The SMILES string of the molecule is CN1CC2(C1)CN(c1ccc(N)nc1)C2. The molecule has 2 N–H and O–H groups in total. The van der Waals surface area contributed by atoms with E-state index in [0.29, 0.717) is 11.2 Å². The van der Waals surface area contributed by atoms with Gasteiger partial charge in [-0.05, 0) is 19.2 Å². The quantitative estimate of drug-likeness (QED) is 0.720. The summed E-state index contributed by atoms with van der Waals surface area (Å²) in [4.78, 5) is 8.86. The molecule has 80 valence electrons. The largest absolute Gasteiger partial charge is 0.384 e. The van der Waals surface area contributed by atoms with Gasteiger partial charge in [-0.15, -0.1) is 0 Å². The first-order valence-corrected chi connectivity index (χ1v) is 5.32. The van der Waals surface area contributed by atoms with Gasteiger partial charge < -0.3 is 15.5 Å². The highest BCUT2D eigenvalue weighted by Crippen LogP contribution is 2.40. The van der Waals surface area contributed by atoms with Gasteiger partial charge in [0.2, 0.25) is 0 Å². The molecular formula is C11H16N4. The van der Waals surface area contributed by atoms with Gasteiger partial charge in [0.1, 0.15) is 5.82 Å². The number of hydrogen-bond donors (Lipinski definition) is 1. The number of anilines is 2. The van der Waals surface area contributed by atoms with Crippen molar-refractivity contribution in [3.63, 3.8) is 0 Å². The fraction of sp³-hybridized carbons (Fsp3) is 0.545. The summed E-state index contributed by atoms with van der Waals surface area (Å²) in [5, 5.41) is 0. The maximum Gasteiger partial charge on any atom is 0.123 e. The van der Waals surface area contributed by atoms with Crippen molar-refractivity contribution in [2.24, 2.45) is 5.41 Å². The van der Waals surface area contributed by atoms with Crippen molar-refractivity contribution in [3.05, 3.63) is 18.3 Å². The van der Waals surface area contributed by atoms with Crippen molar-refractivity contribution in [2.45, 2.75) is 0 Å². The van der Waals surface area contributed by atoms with E-state index in [1.807, 2.05) is 12.3 Å². The Hall–Kier alpha value is -1.29. The number of aromatic nitrogens is 1. The van der Waals surface area contributed by atoms with Gasteiger partial charge >= 0.3 is 0 Å². The zero-order valence-electron chi connectivity index (χ0n) is 8.98. The topological polar surface area (TPSA) is 45.4 Å². The van der Waals surface area contributed by atoms with E-state index in [2.05, 4.69) is 27.9 Å². The first-order valence-electron chi connectivity index (χ1n) is 5.32. The molecule has 2 aliphatic heterocycles. The third kappa shape index (κ3) is 1.36. The van der Waals surface area contributed by atoms with E-state index in [0.717, 1.165) is 0 Å². The Morgan fingerprint density at radius 2 is 2.00 bits per heavy atom. The Kier molecular flexibility index (Phi) is 1.71. The van der Waals surface area contributed by atoms with Crippen LogP contribution < -0.4 is 10.6 Å². The van der Waals surface area contributed by atoms with Crippen LogP contribution in [0, 0.1) is 5.41 Å². The molecule has 0 saturated carbocycles. The lowest BCUT2D eigenvalue weighted by Gasteiger charge is -2.60. The van der Waals surface area contributed by atoms with E-state index < -0.39 is 0 Å². The summed E-state index contributed by atoms with van der Waals surface area (Å²) in [7, 11) is 2.18. The molecule has 0 bridgehead atoms. The van der Waals surface area contributed by atoms with Crippen molar-refractivity contribution in [2.75, 3.05) is 43.9 Å². The van der Waals surface area contributed by atoms with Crippen LogP contribution in [0.3, 0.4) is 0 Å². The van der Waals surface area contributed by atoms with E-state index in [9.17, 15) is 0 Å². The number of nitrogens with two attached hydrogens (primary N) is 1. The number of hydrogen-bond acceptors (Lipinski definition) is 4. The van der Waals surface area contributed by atoms with E-state index >= 15 is 0 Å². The number of pyridine rings is 1. The molecule has 0 radical (unpaired) electrons. The number of likely N-dealkylation sites (tertiary alicyclic amines) is 1. The molecule has 0 unspecified atom stereocenters. The molecule has 2 fully saturated rings. The molecule has 3 rings (SSSR count). The molecule has 1 aromatic heterocycles. The molecule has 15 heavy (non-hydrogen) atoms. The average molecular weight is 204 g/mol. The first kappa shape index (κ1) is 8.97. The summed E-state index contributed by atoms with van der Waals surface area (Å²) in [6.45, 7) is 4.82. The van der Waals surface area contributed by atoms with Crippen molar-refractivity contribution in [1.82, 2.24) is 9.88 Å². The lowest BCUT2D eigenvalue weighted by molar-refractivity contribution is -0.00241. The molecule has 0 atom stereocenters. The standard InChI is InChI=1S/C11H16N4/c1-14-5-11(6-14)7-15(8-11)9-2-3-10(12)13-4-9/h2-4H,5-8H2,1H3,(H2,12,13). The first-order chi connectivity index (χ1) is 7.17. The Bertz CT molecular complexity index is 359. The van der Waals surface area contributed by atoms with E-state index in [1.165, 1.54) is 31.9 Å². The Morgan fingerprint density at radius 1 is 1.27 bits per heavy atom. The number of rotatable bonds is 1. The molecule has 0 aliphatic carbocycles.